The van der Waals surface area contributed by atoms with Crippen molar-refractivity contribution in [2.45, 2.75) is 40.0 Å². The van der Waals surface area contributed by atoms with Crippen molar-refractivity contribution in [2.24, 2.45) is 7.05 Å². The van der Waals surface area contributed by atoms with Gasteiger partial charge in [-0.25, -0.2) is 0 Å². The summed E-state index contributed by atoms with van der Waals surface area (Å²) in [5, 5.41) is 8.58. The van der Waals surface area contributed by atoms with E-state index in [1.165, 1.54) is 5.57 Å². The first kappa shape index (κ1) is 15.3. The molecule has 1 rings (SSSR count). The fraction of sp³-hybridized carbons (Fsp3) is 0.643. The summed E-state index contributed by atoms with van der Waals surface area (Å²) in [7, 11) is 1.96. The van der Waals surface area contributed by atoms with Gasteiger partial charge in [0, 0.05) is 13.5 Å². The van der Waals surface area contributed by atoms with Crippen LogP contribution in [0.1, 0.15) is 38.6 Å². The standard InChI is InChI=1S/C14H24ClN3/c1-5-12-14(15)13(18(4)17-12)10-11(3)8-7-9-16-6-2/h8,16H,5-7,9-10H2,1-4H3. The predicted molar refractivity (Wildman–Crippen MR) is 78.2 cm³/mol. The summed E-state index contributed by atoms with van der Waals surface area (Å²) in [4.78, 5) is 0. The SMILES string of the molecule is CCNCCC=C(C)Cc1c(Cl)c(CC)nn1C. The number of nitrogens with zero attached hydrogens (tertiary/aromatic N) is 2. The molecular formula is C14H24ClN3. The Labute approximate surface area is 115 Å². The number of rotatable bonds is 7. The molecule has 0 aliphatic heterocycles. The van der Waals surface area contributed by atoms with Crippen LogP contribution in [0, 0.1) is 0 Å². The van der Waals surface area contributed by atoms with Crippen LogP contribution in [0.2, 0.25) is 5.02 Å². The van der Waals surface area contributed by atoms with Crippen molar-refractivity contribution in [3.63, 3.8) is 0 Å². The van der Waals surface area contributed by atoms with Gasteiger partial charge >= 0.3 is 0 Å². The van der Waals surface area contributed by atoms with Crippen molar-refractivity contribution in [3.05, 3.63) is 28.1 Å². The molecule has 0 radical (unpaired) electrons. The fourth-order valence-corrected chi connectivity index (χ4v) is 2.31. The van der Waals surface area contributed by atoms with Crippen molar-refractivity contribution >= 4 is 11.6 Å². The topological polar surface area (TPSA) is 29.9 Å². The van der Waals surface area contributed by atoms with Crippen LogP contribution in [0.25, 0.3) is 0 Å². The Kier molecular flexibility index (Phi) is 6.44. The summed E-state index contributed by atoms with van der Waals surface area (Å²) in [5.74, 6) is 0. The van der Waals surface area contributed by atoms with Gasteiger partial charge < -0.3 is 5.32 Å². The largest absolute Gasteiger partial charge is 0.317 e. The minimum atomic E-state index is 0.833. The molecule has 0 fully saturated rings. The highest BCUT2D eigenvalue weighted by molar-refractivity contribution is 6.31. The third kappa shape index (κ3) is 4.14. The lowest BCUT2D eigenvalue weighted by Gasteiger charge is -2.04. The maximum Gasteiger partial charge on any atom is 0.0853 e. The van der Waals surface area contributed by atoms with Crippen LogP contribution in [-0.4, -0.2) is 22.9 Å². The second-order valence-electron chi connectivity index (χ2n) is 4.55. The number of hydrogen-bond donors (Lipinski definition) is 1. The predicted octanol–water partition coefficient (Wildman–Crippen LogP) is 3.12. The van der Waals surface area contributed by atoms with Gasteiger partial charge in [-0.1, -0.05) is 37.1 Å². The van der Waals surface area contributed by atoms with E-state index in [1.54, 1.807) is 0 Å². The lowest BCUT2D eigenvalue weighted by Crippen LogP contribution is -2.13. The Balaban J connectivity index is 2.64. The van der Waals surface area contributed by atoms with Crippen molar-refractivity contribution in [1.82, 2.24) is 15.1 Å². The molecule has 0 saturated heterocycles. The van der Waals surface area contributed by atoms with E-state index in [0.717, 1.165) is 48.8 Å². The van der Waals surface area contributed by atoms with Gasteiger partial charge in [0.2, 0.25) is 0 Å². The summed E-state index contributed by atoms with van der Waals surface area (Å²) < 4.78 is 1.91. The van der Waals surface area contributed by atoms with Crippen LogP contribution in [-0.2, 0) is 19.9 Å². The molecule has 1 aromatic heterocycles. The first-order valence-electron chi connectivity index (χ1n) is 6.66. The summed E-state index contributed by atoms with van der Waals surface area (Å²) in [5.41, 5.74) is 3.46. The molecule has 0 saturated carbocycles. The molecule has 1 N–H and O–H groups in total. The zero-order chi connectivity index (χ0) is 13.5. The first-order chi connectivity index (χ1) is 8.60. The van der Waals surface area contributed by atoms with Crippen LogP contribution in [0.3, 0.4) is 0 Å². The van der Waals surface area contributed by atoms with Gasteiger partial charge in [-0.05, 0) is 32.9 Å². The summed E-state index contributed by atoms with van der Waals surface area (Å²) in [6.07, 6.45) is 5.11. The molecular weight excluding hydrogens is 246 g/mol. The highest BCUT2D eigenvalue weighted by Gasteiger charge is 2.12. The maximum atomic E-state index is 6.33. The van der Waals surface area contributed by atoms with Crippen molar-refractivity contribution in [3.8, 4) is 0 Å². The van der Waals surface area contributed by atoms with Gasteiger partial charge in [-0.15, -0.1) is 0 Å². The number of aromatic nitrogens is 2. The molecule has 0 aliphatic rings. The van der Waals surface area contributed by atoms with Crippen LogP contribution < -0.4 is 5.32 Å². The summed E-state index contributed by atoms with van der Waals surface area (Å²) >= 11 is 6.33. The summed E-state index contributed by atoms with van der Waals surface area (Å²) in [6, 6.07) is 0. The summed E-state index contributed by atoms with van der Waals surface area (Å²) in [6.45, 7) is 8.42. The molecule has 0 atom stereocenters. The third-order valence-corrected chi connectivity index (χ3v) is 3.45. The van der Waals surface area contributed by atoms with E-state index < -0.39 is 0 Å². The van der Waals surface area contributed by atoms with E-state index in [-0.39, 0.29) is 0 Å². The molecule has 0 unspecified atom stereocenters. The Morgan fingerprint density at radius 3 is 2.72 bits per heavy atom. The van der Waals surface area contributed by atoms with Gasteiger partial charge in [-0.3, -0.25) is 4.68 Å². The molecule has 3 nitrogen and oxygen atoms in total. The monoisotopic (exact) mass is 269 g/mol. The maximum absolute atomic E-state index is 6.33. The van der Waals surface area contributed by atoms with Crippen LogP contribution in [0.4, 0.5) is 0 Å². The molecule has 1 aromatic rings. The zero-order valence-corrected chi connectivity index (χ0v) is 12.6. The molecule has 0 amide bonds. The van der Waals surface area contributed by atoms with E-state index in [1.807, 2.05) is 11.7 Å². The molecule has 18 heavy (non-hydrogen) atoms. The van der Waals surface area contributed by atoms with Gasteiger partial charge in [0.05, 0.1) is 16.4 Å². The van der Waals surface area contributed by atoms with Crippen LogP contribution in [0.5, 0.6) is 0 Å². The molecule has 1 heterocycles. The zero-order valence-electron chi connectivity index (χ0n) is 11.9. The van der Waals surface area contributed by atoms with Crippen molar-refractivity contribution in [2.75, 3.05) is 13.1 Å². The minimum Gasteiger partial charge on any atom is -0.317 e. The second-order valence-corrected chi connectivity index (χ2v) is 4.93. The van der Waals surface area contributed by atoms with Crippen LogP contribution >= 0.6 is 11.6 Å². The van der Waals surface area contributed by atoms with Gasteiger partial charge in [-0.2, -0.15) is 5.10 Å². The lowest BCUT2D eigenvalue weighted by atomic mass is 10.1. The fourth-order valence-electron chi connectivity index (χ4n) is 1.95. The molecule has 102 valence electrons. The van der Waals surface area contributed by atoms with E-state index in [9.17, 15) is 0 Å². The third-order valence-electron chi connectivity index (χ3n) is 3.01. The number of hydrogen-bond acceptors (Lipinski definition) is 2. The Morgan fingerprint density at radius 2 is 2.17 bits per heavy atom. The highest BCUT2D eigenvalue weighted by Crippen LogP contribution is 2.23. The number of halogens is 1. The molecule has 0 aliphatic carbocycles. The van der Waals surface area contributed by atoms with E-state index >= 15 is 0 Å². The van der Waals surface area contributed by atoms with Crippen LogP contribution in [0.15, 0.2) is 11.6 Å². The Bertz CT molecular complexity index is 407. The number of allylic oxidation sites excluding steroid dienone is 1. The molecule has 0 aromatic carbocycles. The van der Waals surface area contributed by atoms with Gasteiger partial charge in [0.15, 0.2) is 0 Å². The molecule has 0 bridgehead atoms. The first-order valence-corrected chi connectivity index (χ1v) is 7.04. The van der Waals surface area contributed by atoms with E-state index in [4.69, 9.17) is 11.6 Å². The van der Waals surface area contributed by atoms with Gasteiger partial charge in [0.25, 0.3) is 0 Å². The normalized spacial score (nSPS) is 12.2. The number of nitrogens with one attached hydrogen (secondary N) is 1. The van der Waals surface area contributed by atoms with Gasteiger partial charge in [0.1, 0.15) is 0 Å². The quantitative estimate of drug-likeness (QED) is 0.609. The second kappa shape index (κ2) is 7.59. The minimum absolute atomic E-state index is 0.833. The average Bonchev–Trinajstić information content (AvgIpc) is 2.62. The van der Waals surface area contributed by atoms with E-state index in [2.05, 4.69) is 37.3 Å². The Hall–Kier alpha value is -0.800. The smallest absolute Gasteiger partial charge is 0.0853 e. The molecule has 4 heteroatoms. The highest BCUT2D eigenvalue weighted by atomic mass is 35.5. The number of aryl methyl sites for hydroxylation is 2. The average molecular weight is 270 g/mol. The Morgan fingerprint density at radius 1 is 1.44 bits per heavy atom. The van der Waals surface area contributed by atoms with Crippen molar-refractivity contribution < 1.29 is 0 Å². The van der Waals surface area contributed by atoms with Crippen molar-refractivity contribution in [1.29, 1.82) is 0 Å². The lowest BCUT2D eigenvalue weighted by molar-refractivity contribution is 0.704. The van der Waals surface area contributed by atoms with E-state index in [0.29, 0.717) is 0 Å². The molecule has 0 spiro atoms.